The van der Waals surface area contributed by atoms with Crippen molar-refractivity contribution in [2.45, 2.75) is 32.8 Å². The maximum absolute atomic E-state index is 13.2. The first kappa shape index (κ1) is 19.4. The third-order valence-electron chi connectivity index (χ3n) is 3.64. The molecular weight excluding hydrogens is 339 g/mol. The van der Waals surface area contributed by atoms with E-state index in [4.69, 9.17) is 5.11 Å². The smallest absolute Gasteiger partial charge is 0.310 e. The van der Waals surface area contributed by atoms with Gasteiger partial charge in [0.1, 0.15) is 23.8 Å². The Labute approximate surface area is 150 Å². The summed E-state index contributed by atoms with van der Waals surface area (Å²) in [5.74, 6) is -1.60. The van der Waals surface area contributed by atoms with E-state index in [0.717, 1.165) is 0 Å². The van der Waals surface area contributed by atoms with Gasteiger partial charge in [0.05, 0.1) is 11.8 Å². The third kappa shape index (κ3) is 5.29. The summed E-state index contributed by atoms with van der Waals surface area (Å²) in [5.41, 5.74) is 2.57. The number of aliphatic hydroxyl groups excluding tert-OH is 1. The van der Waals surface area contributed by atoms with Crippen LogP contribution in [0.5, 0.6) is 0 Å². The summed E-state index contributed by atoms with van der Waals surface area (Å²) in [6, 6.07) is 5.85. The van der Waals surface area contributed by atoms with Gasteiger partial charge < -0.3 is 10.2 Å². The topological polar surface area (TPSA) is 100 Å². The van der Waals surface area contributed by atoms with Crippen molar-refractivity contribution in [1.82, 2.24) is 9.97 Å². The van der Waals surface area contributed by atoms with Crippen molar-refractivity contribution >= 4 is 17.8 Å². The van der Waals surface area contributed by atoms with Gasteiger partial charge in [0, 0.05) is 23.2 Å². The van der Waals surface area contributed by atoms with Crippen LogP contribution in [0.2, 0.25) is 0 Å². The number of carbonyl (C=O) groups is 2. The molecular formula is C19H19FN2O4. The summed E-state index contributed by atoms with van der Waals surface area (Å²) in [6.07, 6.45) is 0.947. The van der Waals surface area contributed by atoms with Crippen molar-refractivity contribution in [1.29, 1.82) is 0 Å². The normalized spacial score (nSPS) is 12.3. The van der Waals surface area contributed by atoms with Gasteiger partial charge in [0.15, 0.2) is 0 Å². The maximum Gasteiger partial charge on any atom is 0.310 e. The molecule has 0 saturated carbocycles. The Morgan fingerprint density at radius 1 is 1.19 bits per heavy atom. The van der Waals surface area contributed by atoms with E-state index in [-0.39, 0.29) is 12.2 Å². The van der Waals surface area contributed by atoms with Gasteiger partial charge in [-0.15, -0.1) is 0 Å². The second kappa shape index (κ2) is 8.44. The van der Waals surface area contributed by atoms with Gasteiger partial charge in [-0.2, -0.15) is 0 Å². The van der Waals surface area contributed by atoms with Crippen LogP contribution in [0.4, 0.5) is 4.39 Å². The molecule has 0 aliphatic rings. The molecule has 136 valence electrons. The molecule has 6 nitrogen and oxygen atoms in total. The maximum atomic E-state index is 13.2. The second-order valence-electron chi connectivity index (χ2n) is 5.87. The van der Waals surface area contributed by atoms with E-state index in [1.807, 2.05) is 0 Å². The number of hydrogen-bond donors (Lipinski definition) is 2. The van der Waals surface area contributed by atoms with Crippen LogP contribution < -0.4 is 0 Å². The fraction of sp³-hybridized carbons (Fsp3) is 0.263. The Balaban J connectivity index is 2.29. The predicted molar refractivity (Wildman–Crippen MR) is 93.8 cm³/mol. The number of nitrogens with zero attached hydrogens (tertiary/aromatic N) is 2. The lowest BCUT2D eigenvalue weighted by atomic mass is 10.0. The molecule has 1 aromatic heterocycles. The lowest BCUT2D eigenvalue weighted by Gasteiger charge is -2.10. The molecule has 1 atom stereocenters. The summed E-state index contributed by atoms with van der Waals surface area (Å²) in [4.78, 5) is 30.7. The molecule has 0 spiro atoms. The number of rotatable bonds is 7. The van der Waals surface area contributed by atoms with Crippen LogP contribution in [-0.2, 0) is 9.59 Å². The van der Waals surface area contributed by atoms with E-state index in [1.165, 1.54) is 18.2 Å². The average molecular weight is 358 g/mol. The van der Waals surface area contributed by atoms with Crippen LogP contribution in [-0.4, -0.2) is 38.0 Å². The molecule has 2 aromatic rings. The monoisotopic (exact) mass is 358 g/mol. The van der Waals surface area contributed by atoms with E-state index in [2.05, 4.69) is 9.97 Å². The standard InChI is InChI=1S/C19H19FN2O4/c1-11-17(8-7-15(23)9-16(24)10-18(25)26)19(22-12(2)21-11)13-3-5-14(20)6-4-13/h3-8,15,23H,9-10H2,1-2H3,(H,25,26)/b8-7+. The molecule has 0 aliphatic heterocycles. The van der Waals surface area contributed by atoms with Crippen LogP contribution in [0, 0.1) is 19.7 Å². The van der Waals surface area contributed by atoms with E-state index < -0.39 is 24.3 Å². The number of ketones is 1. The molecule has 2 rings (SSSR count). The first-order valence-electron chi connectivity index (χ1n) is 7.97. The molecule has 0 fully saturated rings. The third-order valence-corrected chi connectivity index (χ3v) is 3.64. The van der Waals surface area contributed by atoms with Crippen molar-refractivity contribution < 1.29 is 24.2 Å². The number of hydrogen-bond acceptors (Lipinski definition) is 5. The van der Waals surface area contributed by atoms with Gasteiger partial charge in [0.2, 0.25) is 0 Å². The number of aliphatic hydroxyl groups is 1. The van der Waals surface area contributed by atoms with Crippen LogP contribution in [0.25, 0.3) is 17.3 Å². The summed E-state index contributed by atoms with van der Waals surface area (Å²) >= 11 is 0. The highest BCUT2D eigenvalue weighted by atomic mass is 19.1. The fourth-order valence-corrected chi connectivity index (χ4v) is 2.50. The summed E-state index contributed by atoms with van der Waals surface area (Å²) in [7, 11) is 0. The first-order valence-corrected chi connectivity index (χ1v) is 7.97. The van der Waals surface area contributed by atoms with Gasteiger partial charge in [0.25, 0.3) is 0 Å². The zero-order valence-corrected chi connectivity index (χ0v) is 14.4. The van der Waals surface area contributed by atoms with Gasteiger partial charge in [-0.3, -0.25) is 9.59 Å². The number of carboxylic acids is 1. The lowest BCUT2D eigenvalue weighted by molar-refractivity contribution is -0.140. The Morgan fingerprint density at radius 2 is 1.85 bits per heavy atom. The predicted octanol–water partition coefficient (Wildman–Crippen LogP) is 2.71. The van der Waals surface area contributed by atoms with E-state index >= 15 is 0 Å². The number of benzene rings is 1. The number of carbonyl (C=O) groups excluding carboxylic acids is 1. The highest BCUT2D eigenvalue weighted by Gasteiger charge is 2.14. The number of aliphatic carboxylic acids is 1. The van der Waals surface area contributed by atoms with Crippen molar-refractivity contribution in [2.24, 2.45) is 0 Å². The molecule has 0 aliphatic carbocycles. The lowest BCUT2D eigenvalue weighted by Crippen LogP contribution is -2.14. The summed E-state index contributed by atoms with van der Waals surface area (Å²) in [5, 5.41) is 18.5. The van der Waals surface area contributed by atoms with E-state index in [0.29, 0.717) is 28.3 Å². The Hall–Kier alpha value is -2.93. The van der Waals surface area contributed by atoms with E-state index in [1.54, 1.807) is 32.1 Å². The first-order chi connectivity index (χ1) is 12.3. The Bertz CT molecular complexity index is 847. The van der Waals surface area contributed by atoms with Crippen LogP contribution in [0.3, 0.4) is 0 Å². The van der Waals surface area contributed by atoms with Crippen molar-refractivity contribution in [3.05, 3.63) is 53.2 Å². The highest BCUT2D eigenvalue weighted by Crippen LogP contribution is 2.25. The fourth-order valence-electron chi connectivity index (χ4n) is 2.50. The van der Waals surface area contributed by atoms with Crippen LogP contribution in [0.1, 0.15) is 29.9 Å². The zero-order valence-electron chi connectivity index (χ0n) is 14.4. The molecule has 26 heavy (non-hydrogen) atoms. The van der Waals surface area contributed by atoms with Gasteiger partial charge in [-0.1, -0.05) is 12.2 Å². The van der Waals surface area contributed by atoms with Crippen molar-refractivity contribution in [3.8, 4) is 11.3 Å². The van der Waals surface area contributed by atoms with Crippen LogP contribution in [0.15, 0.2) is 30.3 Å². The van der Waals surface area contributed by atoms with Gasteiger partial charge >= 0.3 is 5.97 Å². The molecule has 1 aromatic carbocycles. The van der Waals surface area contributed by atoms with E-state index in [9.17, 15) is 19.1 Å². The van der Waals surface area contributed by atoms with Crippen molar-refractivity contribution in [3.63, 3.8) is 0 Å². The number of Topliss-reactive ketones (excluding diaryl/α,β-unsaturated/α-hetero) is 1. The summed E-state index contributed by atoms with van der Waals surface area (Å²) in [6.45, 7) is 3.52. The van der Waals surface area contributed by atoms with Crippen molar-refractivity contribution in [2.75, 3.05) is 0 Å². The molecule has 0 bridgehead atoms. The number of aryl methyl sites for hydroxylation is 2. The Morgan fingerprint density at radius 3 is 2.46 bits per heavy atom. The minimum atomic E-state index is -1.23. The second-order valence-corrected chi connectivity index (χ2v) is 5.87. The zero-order chi connectivity index (χ0) is 19.3. The highest BCUT2D eigenvalue weighted by molar-refractivity contribution is 5.95. The molecule has 0 amide bonds. The largest absolute Gasteiger partial charge is 0.481 e. The SMILES string of the molecule is Cc1nc(C)c(/C=C/C(O)CC(=O)CC(=O)O)c(-c2ccc(F)cc2)n1. The van der Waals surface area contributed by atoms with Gasteiger partial charge in [-0.25, -0.2) is 14.4 Å². The molecule has 7 heteroatoms. The molecule has 0 saturated heterocycles. The average Bonchev–Trinajstić information content (AvgIpc) is 2.53. The molecule has 0 radical (unpaired) electrons. The van der Waals surface area contributed by atoms with Crippen LogP contribution >= 0.6 is 0 Å². The number of aromatic nitrogens is 2. The minimum Gasteiger partial charge on any atom is -0.481 e. The molecule has 2 N–H and O–H groups in total. The quantitative estimate of drug-likeness (QED) is 0.738. The molecule has 1 heterocycles. The minimum absolute atomic E-state index is 0.291. The number of carboxylic acid groups (broad SMARTS) is 1. The number of halogens is 1. The molecule has 1 unspecified atom stereocenters. The van der Waals surface area contributed by atoms with Gasteiger partial charge in [-0.05, 0) is 38.1 Å². The summed E-state index contributed by atoms with van der Waals surface area (Å²) < 4.78 is 13.2. The Kier molecular flexibility index (Phi) is 6.30.